The van der Waals surface area contributed by atoms with Crippen LogP contribution >= 0.6 is 11.8 Å². The largest absolute Gasteiger partial charge is 0.299 e. The van der Waals surface area contributed by atoms with E-state index in [1.165, 1.54) is 60.4 Å². The van der Waals surface area contributed by atoms with Crippen LogP contribution in [0.2, 0.25) is 0 Å². The highest BCUT2D eigenvalue weighted by molar-refractivity contribution is 8.03. The summed E-state index contributed by atoms with van der Waals surface area (Å²) in [6.45, 7) is 11.6. The van der Waals surface area contributed by atoms with Gasteiger partial charge in [0.1, 0.15) is 0 Å². The molecular weight excluding hydrogens is 362 g/mol. The van der Waals surface area contributed by atoms with E-state index in [0.29, 0.717) is 0 Å². The first-order valence-electron chi connectivity index (χ1n) is 10.5. The molecule has 2 aromatic rings. The third kappa shape index (κ3) is 8.62. The SMILES string of the molecule is CC/C=C(\SC)C(C)=O.CCCCN(CCC)Cc1cccc2ccccc12. The Kier molecular flexibility index (Phi) is 12.6. The van der Waals surface area contributed by atoms with Crippen LogP contribution in [0.4, 0.5) is 0 Å². The molecule has 0 aliphatic rings. The van der Waals surface area contributed by atoms with E-state index in [-0.39, 0.29) is 5.78 Å². The Hall–Kier alpha value is -1.58. The zero-order chi connectivity index (χ0) is 20.8. The lowest BCUT2D eigenvalue weighted by atomic mass is 10.0. The lowest BCUT2D eigenvalue weighted by Crippen LogP contribution is -2.25. The molecule has 154 valence electrons. The van der Waals surface area contributed by atoms with Gasteiger partial charge >= 0.3 is 0 Å². The number of carbonyl (C=O) groups excluding carboxylic acids is 1. The van der Waals surface area contributed by atoms with Crippen molar-refractivity contribution in [3.63, 3.8) is 0 Å². The summed E-state index contributed by atoms with van der Waals surface area (Å²) in [5.41, 5.74) is 1.46. The van der Waals surface area contributed by atoms with Crippen LogP contribution in [0.3, 0.4) is 0 Å². The number of nitrogens with zero attached hydrogens (tertiary/aromatic N) is 1. The van der Waals surface area contributed by atoms with Crippen molar-refractivity contribution < 1.29 is 4.79 Å². The predicted molar refractivity (Wildman–Crippen MR) is 127 cm³/mol. The molecule has 0 heterocycles. The molecule has 0 aliphatic carbocycles. The first-order chi connectivity index (χ1) is 13.6. The van der Waals surface area contributed by atoms with Gasteiger partial charge in [-0.15, -0.1) is 11.8 Å². The Labute approximate surface area is 176 Å². The molecule has 0 bridgehead atoms. The average molecular weight is 400 g/mol. The van der Waals surface area contributed by atoms with Crippen LogP contribution in [0.1, 0.15) is 58.9 Å². The molecule has 2 rings (SSSR count). The van der Waals surface area contributed by atoms with Gasteiger partial charge in [-0.2, -0.15) is 0 Å². The van der Waals surface area contributed by atoms with E-state index in [4.69, 9.17) is 0 Å². The van der Waals surface area contributed by atoms with Gasteiger partial charge in [-0.1, -0.05) is 75.7 Å². The number of hydrogen-bond acceptors (Lipinski definition) is 3. The summed E-state index contributed by atoms with van der Waals surface area (Å²) < 4.78 is 0. The maximum atomic E-state index is 10.7. The van der Waals surface area contributed by atoms with Crippen molar-refractivity contribution in [1.29, 1.82) is 0 Å². The summed E-state index contributed by atoms with van der Waals surface area (Å²) in [7, 11) is 0. The maximum Gasteiger partial charge on any atom is 0.165 e. The molecule has 2 aromatic carbocycles. The Morgan fingerprint density at radius 2 is 1.71 bits per heavy atom. The first kappa shape index (κ1) is 24.5. The number of benzene rings is 2. The first-order valence-corrected chi connectivity index (χ1v) is 11.7. The van der Waals surface area contributed by atoms with Gasteiger partial charge in [-0.3, -0.25) is 9.69 Å². The molecule has 0 spiro atoms. The van der Waals surface area contributed by atoms with Crippen LogP contribution in [0.5, 0.6) is 0 Å². The van der Waals surface area contributed by atoms with Gasteiger partial charge in [0.05, 0.1) is 0 Å². The molecule has 2 nitrogen and oxygen atoms in total. The van der Waals surface area contributed by atoms with E-state index in [1.807, 2.05) is 19.3 Å². The molecule has 0 saturated heterocycles. The number of allylic oxidation sites excluding steroid dienone is 2. The third-order valence-electron chi connectivity index (χ3n) is 4.60. The van der Waals surface area contributed by atoms with Crippen molar-refractivity contribution >= 4 is 28.3 Å². The fraction of sp³-hybridized carbons (Fsp3) is 0.480. The minimum absolute atomic E-state index is 0.171. The number of hydrogen-bond donors (Lipinski definition) is 0. The molecular formula is C25H37NOS. The summed E-state index contributed by atoms with van der Waals surface area (Å²) in [5, 5.41) is 2.76. The van der Waals surface area contributed by atoms with Crippen molar-refractivity contribution in [1.82, 2.24) is 4.90 Å². The second-order valence-corrected chi connectivity index (χ2v) is 7.85. The van der Waals surface area contributed by atoms with E-state index in [0.717, 1.165) is 17.9 Å². The predicted octanol–water partition coefficient (Wildman–Crippen LogP) is 7.08. The summed E-state index contributed by atoms with van der Waals surface area (Å²) in [4.78, 5) is 14.1. The van der Waals surface area contributed by atoms with Crippen molar-refractivity contribution in [3.05, 3.63) is 59.0 Å². The van der Waals surface area contributed by atoms with Gasteiger partial charge in [0.2, 0.25) is 0 Å². The molecule has 0 aromatic heterocycles. The Morgan fingerprint density at radius 1 is 1.00 bits per heavy atom. The van der Waals surface area contributed by atoms with Crippen LogP contribution in [0.15, 0.2) is 53.4 Å². The molecule has 3 heteroatoms. The van der Waals surface area contributed by atoms with Gasteiger partial charge in [0.25, 0.3) is 0 Å². The minimum Gasteiger partial charge on any atom is -0.299 e. The Morgan fingerprint density at radius 3 is 2.29 bits per heavy atom. The smallest absolute Gasteiger partial charge is 0.165 e. The summed E-state index contributed by atoms with van der Waals surface area (Å²) >= 11 is 1.51. The number of unbranched alkanes of at least 4 members (excludes halogenated alkanes) is 1. The van der Waals surface area contributed by atoms with E-state index in [2.05, 4.69) is 61.2 Å². The monoisotopic (exact) mass is 399 g/mol. The standard InChI is InChI=1S/C18H25N.C7H12OS/c1-3-5-14-19(13-4-2)15-17-11-8-10-16-9-6-7-12-18(16)17;1-4-5-7(9-3)6(2)8/h6-12H,3-5,13-15H2,1-2H3;5H,4H2,1-3H3/b;7-5-. The number of thioether (sulfide) groups is 1. The normalized spacial score (nSPS) is 11.4. The van der Waals surface area contributed by atoms with E-state index in [1.54, 1.807) is 6.92 Å². The van der Waals surface area contributed by atoms with Crippen LogP contribution in [0.25, 0.3) is 10.8 Å². The zero-order valence-electron chi connectivity index (χ0n) is 18.3. The third-order valence-corrected chi connectivity index (χ3v) is 5.49. The fourth-order valence-electron chi connectivity index (χ4n) is 3.20. The molecule has 0 aliphatic heterocycles. The summed E-state index contributed by atoms with van der Waals surface area (Å²) in [5.74, 6) is 0.171. The fourth-order valence-corrected chi connectivity index (χ4v) is 3.82. The summed E-state index contributed by atoms with van der Waals surface area (Å²) in [6.07, 6.45) is 8.61. The Bertz CT molecular complexity index is 733. The summed E-state index contributed by atoms with van der Waals surface area (Å²) in [6, 6.07) is 15.4. The molecule has 0 amide bonds. The molecule has 0 radical (unpaired) electrons. The lowest BCUT2D eigenvalue weighted by Gasteiger charge is -2.22. The van der Waals surface area contributed by atoms with Crippen molar-refractivity contribution in [2.24, 2.45) is 0 Å². The van der Waals surface area contributed by atoms with Gasteiger partial charge in [-0.05, 0) is 61.9 Å². The van der Waals surface area contributed by atoms with Gasteiger partial charge in [0.15, 0.2) is 5.78 Å². The minimum atomic E-state index is 0.171. The van der Waals surface area contributed by atoms with Crippen molar-refractivity contribution in [3.8, 4) is 0 Å². The molecule has 28 heavy (non-hydrogen) atoms. The highest BCUT2D eigenvalue weighted by Crippen LogP contribution is 2.20. The second kappa shape index (κ2) is 14.4. The number of carbonyl (C=O) groups is 1. The van der Waals surface area contributed by atoms with Gasteiger partial charge < -0.3 is 0 Å². The lowest BCUT2D eigenvalue weighted by molar-refractivity contribution is -0.112. The molecule has 0 fully saturated rings. The van der Waals surface area contributed by atoms with Crippen LogP contribution in [-0.4, -0.2) is 30.0 Å². The molecule has 0 N–H and O–H groups in total. The number of rotatable bonds is 10. The average Bonchev–Trinajstić information content (AvgIpc) is 2.71. The topological polar surface area (TPSA) is 20.3 Å². The van der Waals surface area contributed by atoms with Crippen molar-refractivity contribution in [2.75, 3.05) is 19.3 Å². The quantitative estimate of drug-likeness (QED) is 0.398. The highest BCUT2D eigenvalue weighted by atomic mass is 32.2. The number of ketones is 1. The maximum absolute atomic E-state index is 10.7. The molecule has 0 unspecified atom stereocenters. The second-order valence-electron chi connectivity index (χ2n) is 7.00. The van der Waals surface area contributed by atoms with E-state index < -0.39 is 0 Å². The number of fused-ring (bicyclic) bond motifs is 1. The van der Waals surface area contributed by atoms with Gasteiger partial charge in [0, 0.05) is 11.4 Å². The van der Waals surface area contributed by atoms with Crippen LogP contribution in [0, 0.1) is 0 Å². The van der Waals surface area contributed by atoms with Crippen molar-refractivity contribution in [2.45, 2.75) is 59.9 Å². The Balaban J connectivity index is 0.000000370. The van der Waals surface area contributed by atoms with E-state index in [9.17, 15) is 4.79 Å². The van der Waals surface area contributed by atoms with Crippen LogP contribution < -0.4 is 0 Å². The zero-order valence-corrected chi connectivity index (χ0v) is 19.1. The highest BCUT2D eigenvalue weighted by Gasteiger charge is 2.07. The molecule has 0 saturated carbocycles. The number of Topliss-reactive ketones (excluding diaryl/α,β-unsaturated/α-hetero) is 1. The molecule has 0 atom stereocenters. The van der Waals surface area contributed by atoms with Gasteiger partial charge in [-0.25, -0.2) is 0 Å². The van der Waals surface area contributed by atoms with E-state index >= 15 is 0 Å². The van der Waals surface area contributed by atoms with Crippen LogP contribution in [-0.2, 0) is 11.3 Å².